The van der Waals surface area contributed by atoms with Gasteiger partial charge in [-0.25, -0.2) is 0 Å². The van der Waals surface area contributed by atoms with Gasteiger partial charge in [-0.1, -0.05) is 45.1 Å². The Balaban J connectivity index is 1.97. The van der Waals surface area contributed by atoms with Crippen molar-refractivity contribution in [3.05, 3.63) is 33.7 Å². The first-order valence-corrected chi connectivity index (χ1v) is 8.22. The first-order valence-electron chi connectivity index (χ1n) is 8.22. The molecule has 0 amide bonds. The second kappa shape index (κ2) is 7.63. The van der Waals surface area contributed by atoms with Crippen LogP contribution in [0.2, 0.25) is 0 Å². The van der Waals surface area contributed by atoms with Gasteiger partial charge < -0.3 is 10.3 Å². The topological polar surface area (TPSA) is 48.0 Å². The number of hydrogen-bond acceptors (Lipinski definition) is 2. The molecule has 112 valence electrons. The Morgan fingerprint density at radius 3 is 2.75 bits per heavy atom. The van der Waals surface area contributed by atoms with Crippen LogP contribution < -0.4 is 11.3 Å². The van der Waals surface area contributed by atoms with Gasteiger partial charge in [-0.3, -0.25) is 4.79 Å². The summed E-state index contributed by atoms with van der Waals surface area (Å²) in [7, 11) is 0. The highest BCUT2D eigenvalue weighted by molar-refractivity contribution is 5.27. The molecule has 0 fully saturated rings. The summed E-state index contributed by atoms with van der Waals surface area (Å²) in [6.45, 7) is 3.10. The van der Waals surface area contributed by atoms with Crippen LogP contribution in [0.15, 0.2) is 16.9 Å². The fraction of sp³-hybridized carbons (Fsp3) is 0.706. The zero-order chi connectivity index (χ0) is 14.4. The number of hydrogen-bond donors (Lipinski definition) is 1. The molecular weight excluding hydrogens is 248 g/mol. The molecule has 3 heteroatoms. The summed E-state index contributed by atoms with van der Waals surface area (Å²) < 4.78 is 1.98. The van der Waals surface area contributed by atoms with E-state index in [1.165, 1.54) is 43.4 Å². The van der Waals surface area contributed by atoms with Crippen molar-refractivity contribution in [1.82, 2.24) is 4.57 Å². The van der Waals surface area contributed by atoms with E-state index in [0.29, 0.717) is 0 Å². The first kappa shape index (κ1) is 15.3. The number of aromatic nitrogens is 1. The summed E-state index contributed by atoms with van der Waals surface area (Å²) >= 11 is 0. The van der Waals surface area contributed by atoms with Gasteiger partial charge in [0.2, 0.25) is 0 Å². The highest BCUT2D eigenvalue weighted by Crippen LogP contribution is 2.26. The van der Waals surface area contributed by atoms with E-state index in [-0.39, 0.29) is 11.6 Å². The summed E-state index contributed by atoms with van der Waals surface area (Å²) in [5, 5.41) is 0. The maximum absolute atomic E-state index is 12.1. The molecule has 1 unspecified atom stereocenters. The van der Waals surface area contributed by atoms with Crippen molar-refractivity contribution in [3.63, 3.8) is 0 Å². The van der Waals surface area contributed by atoms with Crippen LogP contribution in [0.1, 0.15) is 75.6 Å². The number of unbranched alkanes of at least 4 members (excludes halogenated alkanes) is 5. The minimum atomic E-state index is 0.121. The second-order valence-electron chi connectivity index (χ2n) is 5.99. The molecule has 0 saturated carbocycles. The van der Waals surface area contributed by atoms with E-state index in [0.717, 1.165) is 32.2 Å². The van der Waals surface area contributed by atoms with Gasteiger partial charge in [0.05, 0.1) is 0 Å². The quantitative estimate of drug-likeness (QED) is 0.774. The Kier molecular flexibility index (Phi) is 5.84. The third kappa shape index (κ3) is 3.72. The average molecular weight is 276 g/mol. The van der Waals surface area contributed by atoms with Crippen molar-refractivity contribution >= 4 is 0 Å². The summed E-state index contributed by atoms with van der Waals surface area (Å²) in [5.41, 5.74) is 8.70. The van der Waals surface area contributed by atoms with E-state index in [4.69, 9.17) is 5.73 Å². The normalized spacial score (nSPS) is 18.0. The van der Waals surface area contributed by atoms with E-state index in [1.54, 1.807) is 6.07 Å². The van der Waals surface area contributed by atoms with Crippen LogP contribution in [0.25, 0.3) is 0 Å². The van der Waals surface area contributed by atoms with E-state index in [2.05, 4.69) is 6.92 Å². The van der Waals surface area contributed by atoms with Gasteiger partial charge >= 0.3 is 0 Å². The van der Waals surface area contributed by atoms with Crippen molar-refractivity contribution in [1.29, 1.82) is 0 Å². The molecule has 0 aromatic carbocycles. The van der Waals surface area contributed by atoms with Crippen molar-refractivity contribution in [2.75, 3.05) is 0 Å². The Morgan fingerprint density at radius 2 is 1.95 bits per heavy atom. The molecule has 2 N–H and O–H groups in total. The highest BCUT2D eigenvalue weighted by atomic mass is 16.1. The monoisotopic (exact) mass is 276 g/mol. The predicted molar refractivity (Wildman–Crippen MR) is 83.9 cm³/mol. The lowest BCUT2D eigenvalue weighted by molar-refractivity contribution is 0.494. The van der Waals surface area contributed by atoms with Crippen LogP contribution in [0.3, 0.4) is 0 Å². The zero-order valence-electron chi connectivity index (χ0n) is 12.7. The molecular formula is C17H28N2O. The third-order valence-electron chi connectivity index (χ3n) is 4.39. The molecule has 1 aliphatic rings. The molecule has 2 rings (SSSR count). The number of nitrogens with two attached hydrogens (primary N) is 1. The Bertz CT molecular complexity index is 478. The van der Waals surface area contributed by atoms with Gasteiger partial charge in [0.15, 0.2) is 0 Å². The minimum Gasteiger partial charge on any atom is -0.324 e. The maximum atomic E-state index is 12.1. The van der Waals surface area contributed by atoms with Crippen LogP contribution in [0, 0.1) is 0 Å². The SMILES string of the molecule is CCCCCCCCn1c2c(ccc1=O)C(N)CCC2. The van der Waals surface area contributed by atoms with E-state index >= 15 is 0 Å². The predicted octanol–water partition coefficient (Wildman–Crippen LogP) is 3.54. The Morgan fingerprint density at radius 1 is 1.20 bits per heavy atom. The molecule has 0 aliphatic heterocycles. The Hall–Kier alpha value is -1.09. The maximum Gasteiger partial charge on any atom is 0.250 e. The molecule has 0 radical (unpaired) electrons. The third-order valence-corrected chi connectivity index (χ3v) is 4.39. The van der Waals surface area contributed by atoms with Gasteiger partial charge in [0.25, 0.3) is 5.56 Å². The summed E-state index contributed by atoms with van der Waals surface area (Å²) in [5.74, 6) is 0. The van der Waals surface area contributed by atoms with Crippen LogP contribution in [0.4, 0.5) is 0 Å². The fourth-order valence-corrected chi connectivity index (χ4v) is 3.19. The first-order chi connectivity index (χ1) is 9.74. The zero-order valence-corrected chi connectivity index (χ0v) is 12.7. The molecule has 1 atom stereocenters. The highest BCUT2D eigenvalue weighted by Gasteiger charge is 2.19. The summed E-state index contributed by atoms with van der Waals surface area (Å²) in [6, 6.07) is 3.76. The second-order valence-corrected chi connectivity index (χ2v) is 5.99. The van der Waals surface area contributed by atoms with Gasteiger partial charge in [-0.15, -0.1) is 0 Å². The molecule has 0 saturated heterocycles. The molecule has 20 heavy (non-hydrogen) atoms. The van der Waals surface area contributed by atoms with Crippen LogP contribution >= 0.6 is 0 Å². The van der Waals surface area contributed by atoms with Gasteiger partial charge in [-0.05, 0) is 31.2 Å². The molecule has 0 bridgehead atoms. The largest absolute Gasteiger partial charge is 0.324 e. The molecule has 1 aromatic heterocycles. The van der Waals surface area contributed by atoms with Crippen molar-refractivity contribution in [3.8, 4) is 0 Å². The smallest absolute Gasteiger partial charge is 0.250 e. The van der Waals surface area contributed by atoms with Crippen molar-refractivity contribution in [2.24, 2.45) is 5.73 Å². The standard InChI is InChI=1S/C17H28N2O/c1-2-3-4-5-6-7-13-19-16-10-8-9-15(18)14(16)11-12-17(19)20/h11-12,15H,2-10,13,18H2,1H3. The number of nitrogens with zero attached hydrogens (tertiary/aromatic N) is 1. The van der Waals surface area contributed by atoms with Crippen LogP contribution in [0.5, 0.6) is 0 Å². The number of pyridine rings is 1. The number of rotatable bonds is 7. The summed E-state index contributed by atoms with van der Waals surface area (Å²) in [6.07, 6.45) is 10.7. The van der Waals surface area contributed by atoms with Gasteiger partial charge in [0.1, 0.15) is 0 Å². The van der Waals surface area contributed by atoms with Gasteiger partial charge in [0, 0.05) is 24.3 Å². The lowest BCUT2D eigenvalue weighted by atomic mass is 9.91. The molecule has 3 nitrogen and oxygen atoms in total. The van der Waals surface area contributed by atoms with E-state index in [1.807, 2.05) is 10.6 Å². The average Bonchev–Trinajstić information content (AvgIpc) is 2.45. The minimum absolute atomic E-state index is 0.121. The lowest BCUT2D eigenvalue weighted by Gasteiger charge is -2.25. The summed E-state index contributed by atoms with van der Waals surface area (Å²) in [4.78, 5) is 12.1. The molecule has 1 aromatic rings. The van der Waals surface area contributed by atoms with Gasteiger partial charge in [-0.2, -0.15) is 0 Å². The van der Waals surface area contributed by atoms with Crippen LogP contribution in [-0.2, 0) is 13.0 Å². The number of fused-ring (bicyclic) bond motifs is 1. The molecule has 0 spiro atoms. The van der Waals surface area contributed by atoms with E-state index in [9.17, 15) is 4.79 Å². The van der Waals surface area contributed by atoms with Crippen molar-refractivity contribution < 1.29 is 0 Å². The lowest BCUT2D eigenvalue weighted by Crippen LogP contribution is -2.29. The van der Waals surface area contributed by atoms with Crippen molar-refractivity contribution in [2.45, 2.75) is 77.3 Å². The van der Waals surface area contributed by atoms with Crippen LogP contribution in [-0.4, -0.2) is 4.57 Å². The molecule has 1 aliphatic carbocycles. The van der Waals surface area contributed by atoms with E-state index < -0.39 is 0 Å². The Labute approximate surface area is 122 Å². The fourth-order valence-electron chi connectivity index (χ4n) is 3.19. The molecule has 1 heterocycles.